The molecule has 7 heteroatoms. The van der Waals surface area contributed by atoms with Gasteiger partial charge in [-0.2, -0.15) is 0 Å². The Morgan fingerprint density at radius 1 is 1.48 bits per heavy atom. The molecule has 6 atom stereocenters. The molecule has 146 valence electrons. The van der Waals surface area contributed by atoms with Crippen molar-refractivity contribution in [1.29, 1.82) is 0 Å². The summed E-state index contributed by atoms with van der Waals surface area (Å²) in [7, 11) is 0. The van der Waals surface area contributed by atoms with Gasteiger partial charge in [-0.15, -0.1) is 6.58 Å². The van der Waals surface area contributed by atoms with Crippen molar-refractivity contribution in [3.8, 4) is 0 Å². The van der Waals surface area contributed by atoms with Crippen LogP contribution in [0.15, 0.2) is 49.1 Å². The van der Waals surface area contributed by atoms with Crippen LogP contribution in [-0.2, 0) is 23.9 Å². The maximum absolute atomic E-state index is 12.3. The summed E-state index contributed by atoms with van der Waals surface area (Å²) >= 11 is 0. The van der Waals surface area contributed by atoms with Gasteiger partial charge in [0.2, 0.25) is 0 Å². The average Bonchev–Trinajstić information content (AvgIpc) is 2.94. The van der Waals surface area contributed by atoms with Crippen LogP contribution in [0.25, 0.3) is 0 Å². The standard InChI is InChI=1S/C20H24O7/c1-6-20(5)7-14(26-18(24)11(3)13(23)9-22)15-12(4)19(25)27-17(15)16(20)10(2)8-21/h6,8,13-17,22-23H,1-4,7,9H2,5H3/t13?,14-,15+,16+,17-,20+/m0/s1. The smallest absolute Gasteiger partial charge is 0.336 e. The van der Waals surface area contributed by atoms with Crippen LogP contribution in [0, 0.1) is 17.3 Å². The molecule has 2 fully saturated rings. The van der Waals surface area contributed by atoms with E-state index >= 15 is 0 Å². The van der Waals surface area contributed by atoms with E-state index in [0.29, 0.717) is 6.29 Å². The Bertz CT molecular complexity index is 722. The second-order valence-electron chi connectivity index (χ2n) is 7.17. The lowest BCUT2D eigenvalue weighted by Crippen LogP contribution is -2.52. The van der Waals surface area contributed by atoms with Gasteiger partial charge < -0.3 is 19.7 Å². The minimum Gasteiger partial charge on any atom is -0.458 e. The monoisotopic (exact) mass is 376 g/mol. The van der Waals surface area contributed by atoms with E-state index in [1.165, 1.54) is 0 Å². The highest BCUT2D eigenvalue weighted by molar-refractivity contribution is 5.92. The number of aliphatic hydroxyl groups excluding tert-OH is 2. The number of carbonyl (C=O) groups excluding carboxylic acids is 3. The molecule has 1 heterocycles. The molecule has 0 spiro atoms. The number of rotatable bonds is 7. The first-order valence-corrected chi connectivity index (χ1v) is 8.47. The van der Waals surface area contributed by atoms with Crippen molar-refractivity contribution in [2.24, 2.45) is 17.3 Å². The summed E-state index contributed by atoms with van der Waals surface area (Å²) in [5, 5.41) is 18.6. The molecule has 2 rings (SSSR count). The summed E-state index contributed by atoms with van der Waals surface area (Å²) in [5.41, 5.74) is -0.656. The van der Waals surface area contributed by atoms with Crippen LogP contribution in [0.1, 0.15) is 13.3 Å². The minimum absolute atomic E-state index is 0.140. The molecule has 1 saturated heterocycles. The van der Waals surface area contributed by atoms with Crippen molar-refractivity contribution >= 4 is 18.2 Å². The van der Waals surface area contributed by atoms with Gasteiger partial charge in [0.15, 0.2) is 0 Å². The molecule has 1 unspecified atom stereocenters. The second-order valence-corrected chi connectivity index (χ2v) is 7.17. The Labute approximate surface area is 157 Å². The minimum atomic E-state index is -1.45. The lowest BCUT2D eigenvalue weighted by molar-refractivity contribution is -0.160. The van der Waals surface area contributed by atoms with Crippen molar-refractivity contribution in [1.82, 2.24) is 0 Å². The molecule has 1 aliphatic heterocycles. The van der Waals surface area contributed by atoms with Crippen LogP contribution in [0.2, 0.25) is 0 Å². The number of allylic oxidation sites excluding steroid dienone is 1. The van der Waals surface area contributed by atoms with E-state index in [2.05, 4.69) is 26.3 Å². The van der Waals surface area contributed by atoms with Gasteiger partial charge in [-0.3, -0.25) is 4.79 Å². The lowest BCUT2D eigenvalue weighted by Gasteiger charge is -2.47. The van der Waals surface area contributed by atoms with Gasteiger partial charge in [-0.25, -0.2) is 9.59 Å². The van der Waals surface area contributed by atoms with Crippen LogP contribution in [0.3, 0.4) is 0 Å². The van der Waals surface area contributed by atoms with Crippen LogP contribution < -0.4 is 0 Å². The fraction of sp³-hybridized carbons (Fsp3) is 0.450. The molecule has 2 N–H and O–H groups in total. The zero-order valence-corrected chi connectivity index (χ0v) is 15.2. The van der Waals surface area contributed by atoms with E-state index in [1.54, 1.807) is 6.08 Å². The van der Waals surface area contributed by atoms with E-state index < -0.39 is 54.1 Å². The average molecular weight is 376 g/mol. The van der Waals surface area contributed by atoms with Crippen molar-refractivity contribution in [3.05, 3.63) is 49.1 Å². The Kier molecular flexibility index (Phi) is 5.87. The van der Waals surface area contributed by atoms with Gasteiger partial charge in [-0.05, 0) is 17.4 Å². The molecule has 1 saturated carbocycles. The van der Waals surface area contributed by atoms with Crippen LogP contribution in [-0.4, -0.2) is 53.4 Å². The molecule has 0 amide bonds. The SMILES string of the molecule is C=C[C@]1(C)C[C@H](OC(=O)C(=C)C(O)CO)[C@H]2C(=C)C(=O)O[C@@H]2[C@H]1C(=C)C=O. The fourth-order valence-electron chi connectivity index (χ4n) is 3.87. The lowest BCUT2D eigenvalue weighted by atomic mass is 9.59. The number of fused-ring (bicyclic) bond motifs is 1. The Morgan fingerprint density at radius 2 is 2.11 bits per heavy atom. The van der Waals surface area contributed by atoms with Crippen LogP contribution >= 0.6 is 0 Å². The third-order valence-electron chi connectivity index (χ3n) is 5.46. The van der Waals surface area contributed by atoms with Crippen molar-refractivity contribution < 1.29 is 34.1 Å². The zero-order valence-electron chi connectivity index (χ0n) is 15.2. The van der Waals surface area contributed by atoms with E-state index in [4.69, 9.17) is 14.6 Å². The summed E-state index contributed by atoms with van der Waals surface area (Å²) < 4.78 is 10.9. The Balaban J connectivity index is 2.40. The predicted molar refractivity (Wildman–Crippen MR) is 96.2 cm³/mol. The third-order valence-corrected chi connectivity index (χ3v) is 5.46. The molecule has 0 bridgehead atoms. The largest absolute Gasteiger partial charge is 0.458 e. The van der Waals surface area contributed by atoms with E-state index in [-0.39, 0.29) is 23.1 Å². The predicted octanol–water partition coefficient (Wildman–Crippen LogP) is 0.873. The first-order chi connectivity index (χ1) is 12.6. The maximum atomic E-state index is 12.3. The topological polar surface area (TPSA) is 110 Å². The number of aliphatic hydroxyl groups is 2. The van der Waals surface area contributed by atoms with Gasteiger partial charge in [0.1, 0.15) is 24.6 Å². The van der Waals surface area contributed by atoms with E-state index in [0.717, 1.165) is 0 Å². The first-order valence-electron chi connectivity index (χ1n) is 8.47. The molecule has 0 aromatic rings. The first kappa shape index (κ1) is 20.8. The van der Waals surface area contributed by atoms with Gasteiger partial charge in [0.05, 0.1) is 18.1 Å². The van der Waals surface area contributed by atoms with Crippen molar-refractivity contribution in [2.45, 2.75) is 31.7 Å². The highest BCUT2D eigenvalue weighted by Gasteiger charge is 2.58. The summed E-state index contributed by atoms with van der Waals surface area (Å²) in [5.74, 6) is -2.74. The van der Waals surface area contributed by atoms with Gasteiger partial charge in [0.25, 0.3) is 0 Å². The Morgan fingerprint density at radius 3 is 2.63 bits per heavy atom. The van der Waals surface area contributed by atoms with Gasteiger partial charge >= 0.3 is 11.9 Å². The van der Waals surface area contributed by atoms with Crippen molar-refractivity contribution in [3.63, 3.8) is 0 Å². The highest BCUT2D eigenvalue weighted by Crippen LogP contribution is 2.53. The fourth-order valence-corrected chi connectivity index (χ4v) is 3.87. The number of carbonyl (C=O) groups is 3. The zero-order chi connectivity index (χ0) is 20.5. The third kappa shape index (κ3) is 3.52. The molecule has 2 aliphatic rings. The number of esters is 2. The normalized spacial score (nSPS) is 33.4. The number of hydrogen-bond donors (Lipinski definition) is 2. The van der Waals surface area contributed by atoms with Crippen LogP contribution in [0.5, 0.6) is 0 Å². The molecular formula is C20H24O7. The second kappa shape index (κ2) is 7.62. The summed E-state index contributed by atoms with van der Waals surface area (Å²) in [6.07, 6.45) is -0.579. The maximum Gasteiger partial charge on any atom is 0.336 e. The summed E-state index contributed by atoms with van der Waals surface area (Å²) in [4.78, 5) is 35.8. The number of hydrogen-bond acceptors (Lipinski definition) is 7. The van der Waals surface area contributed by atoms with E-state index in [1.807, 2.05) is 6.92 Å². The van der Waals surface area contributed by atoms with Crippen molar-refractivity contribution in [2.75, 3.05) is 6.61 Å². The molecular weight excluding hydrogens is 352 g/mol. The van der Waals surface area contributed by atoms with Crippen LogP contribution in [0.4, 0.5) is 0 Å². The van der Waals surface area contributed by atoms with Gasteiger partial charge in [-0.1, -0.05) is 32.7 Å². The Hall–Kier alpha value is -2.51. The molecule has 0 aromatic heterocycles. The molecule has 1 aliphatic carbocycles. The van der Waals surface area contributed by atoms with E-state index in [9.17, 15) is 19.5 Å². The molecule has 0 aromatic carbocycles. The summed E-state index contributed by atoms with van der Waals surface area (Å²) in [6.45, 7) is 15.9. The quantitative estimate of drug-likeness (QED) is 0.294. The highest BCUT2D eigenvalue weighted by atomic mass is 16.6. The summed E-state index contributed by atoms with van der Waals surface area (Å²) in [6, 6.07) is 0. The molecule has 27 heavy (non-hydrogen) atoms. The molecule has 7 nitrogen and oxygen atoms in total. The molecule has 0 radical (unpaired) electrons. The number of ether oxygens (including phenoxy) is 2. The number of aldehydes is 1. The van der Waals surface area contributed by atoms with Gasteiger partial charge in [0, 0.05) is 11.5 Å².